The van der Waals surface area contributed by atoms with E-state index in [1.165, 1.54) is 0 Å². The number of carbonyl (C=O) groups is 2. The summed E-state index contributed by atoms with van der Waals surface area (Å²) < 4.78 is 6.81. The smallest absolute Gasteiger partial charge is 0.321 e. The van der Waals surface area contributed by atoms with Crippen LogP contribution >= 0.6 is 15.9 Å². The third kappa shape index (κ3) is 5.61. The van der Waals surface area contributed by atoms with E-state index >= 15 is 0 Å². The van der Waals surface area contributed by atoms with Gasteiger partial charge in [0.1, 0.15) is 5.76 Å². The number of oxazole rings is 1. The normalized spacial score (nSPS) is 14.2. The molecule has 172 valence electrons. The van der Waals surface area contributed by atoms with Crippen LogP contribution in [-0.4, -0.2) is 59.9 Å². The van der Waals surface area contributed by atoms with Crippen LogP contribution in [0.5, 0.6) is 0 Å². The van der Waals surface area contributed by atoms with Crippen molar-refractivity contribution < 1.29 is 14.0 Å². The molecule has 1 aromatic heterocycles. The Morgan fingerprint density at radius 3 is 2.48 bits per heavy atom. The molecule has 8 nitrogen and oxygen atoms in total. The van der Waals surface area contributed by atoms with Crippen molar-refractivity contribution in [3.8, 4) is 11.5 Å². The Morgan fingerprint density at radius 1 is 1.09 bits per heavy atom. The minimum absolute atomic E-state index is 0.0899. The second kappa shape index (κ2) is 10.2. The molecule has 0 aliphatic carbocycles. The van der Waals surface area contributed by atoms with Crippen LogP contribution in [0.1, 0.15) is 21.8 Å². The van der Waals surface area contributed by atoms with Crippen molar-refractivity contribution in [3.63, 3.8) is 0 Å². The number of hydrogen-bond acceptors (Lipinski definition) is 5. The molecule has 1 fully saturated rings. The molecule has 1 aliphatic heterocycles. The maximum atomic E-state index is 12.6. The second-order valence-corrected chi connectivity index (χ2v) is 8.80. The molecule has 0 unspecified atom stereocenters. The number of urea groups is 1. The fourth-order valence-corrected chi connectivity index (χ4v) is 4.10. The molecule has 2 aromatic carbocycles. The third-order valence-electron chi connectivity index (χ3n) is 5.62. The molecule has 3 amide bonds. The minimum Gasteiger partial charge on any atom is -0.441 e. The van der Waals surface area contributed by atoms with Gasteiger partial charge in [-0.25, -0.2) is 9.78 Å². The highest BCUT2D eigenvalue weighted by Gasteiger charge is 2.23. The van der Waals surface area contributed by atoms with Crippen molar-refractivity contribution in [3.05, 3.63) is 70.0 Å². The number of rotatable bonds is 5. The lowest BCUT2D eigenvalue weighted by Gasteiger charge is -2.34. The molecule has 4 rings (SSSR count). The quantitative estimate of drug-likeness (QED) is 0.537. The summed E-state index contributed by atoms with van der Waals surface area (Å²) in [6, 6.07) is 14.7. The summed E-state index contributed by atoms with van der Waals surface area (Å²) in [6.07, 6.45) is 0. The van der Waals surface area contributed by atoms with Crippen LogP contribution in [0.4, 0.5) is 10.5 Å². The Bertz CT molecular complexity index is 1140. The molecule has 1 saturated heterocycles. The van der Waals surface area contributed by atoms with Crippen LogP contribution in [0.2, 0.25) is 0 Å². The van der Waals surface area contributed by atoms with Gasteiger partial charge in [-0.3, -0.25) is 9.69 Å². The van der Waals surface area contributed by atoms with Crippen LogP contribution in [0, 0.1) is 6.92 Å². The van der Waals surface area contributed by atoms with E-state index in [4.69, 9.17) is 4.42 Å². The highest BCUT2D eigenvalue weighted by Crippen LogP contribution is 2.23. The Balaban J connectivity index is 1.33. The molecule has 33 heavy (non-hydrogen) atoms. The SMILES string of the molecule is CNC(=O)c1ccc(-c2nc(CN3CCN(C(=O)Nc4cccc(Br)c4)CC3)c(C)o2)cc1. The minimum atomic E-state index is -0.129. The number of nitrogens with one attached hydrogen (secondary N) is 2. The average Bonchev–Trinajstić information content (AvgIpc) is 3.19. The van der Waals surface area contributed by atoms with Crippen molar-refractivity contribution in [2.45, 2.75) is 13.5 Å². The number of aryl methyl sites for hydroxylation is 1. The number of piperazine rings is 1. The molecule has 9 heteroatoms. The first-order chi connectivity index (χ1) is 15.9. The van der Waals surface area contributed by atoms with E-state index in [0.717, 1.165) is 40.3 Å². The zero-order valence-electron chi connectivity index (χ0n) is 18.6. The van der Waals surface area contributed by atoms with Crippen LogP contribution in [0.25, 0.3) is 11.5 Å². The second-order valence-electron chi connectivity index (χ2n) is 7.88. The van der Waals surface area contributed by atoms with Crippen LogP contribution in [0.3, 0.4) is 0 Å². The van der Waals surface area contributed by atoms with Gasteiger partial charge in [-0.05, 0) is 49.4 Å². The van der Waals surface area contributed by atoms with Gasteiger partial charge in [-0.2, -0.15) is 0 Å². The molecule has 0 spiro atoms. The van der Waals surface area contributed by atoms with Gasteiger partial charge < -0.3 is 20.0 Å². The van der Waals surface area contributed by atoms with Gasteiger partial charge in [0, 0.05) is 61.1 Å². The van der Waals surface area contributed by atoms with E-state index in [-0.39, 0.29) is 11.9 Å². The number of benzene rings is 2. The van der Waals surface area contributed by atoms with E-state index in [1.54, 1.807) is 19.2 Å². The molecule has 3 aromatic rings. The molecule has 2 N–H and O–H groups in total. The fourth-order valence-electron chi connectivity index (χ4n) is 3.70. The molecular formula is C24H26BrN5O3. The molecule has 0 atom stereocenters. The topological polar surface area (TPSA) is 90.7 Å². The van der Waals surface area contributed by atoms with Crippen LogP contribution in [-0.2, 0) is 6.54 Å². The van der Waals surface area contributed by atoms with Crippen molar-refractivity contribution in [2.75, 3.05) is 38.5 Å². The van der Waals surface area contributed by atoms with Crippen molar-refractivity contribution in [2.24, 2.45) is 0 Å². The standard InChI is InChI=1S/C24H26BrN5O3/c1-16-21(28-23(33-16)18-8-6-17(7-9-18)22(31)26-2)15-29-10-12-30(13-11-29)24(32)27-20-5-3-4-19(25)14-20/h3-9,14H,10-13,15H2,1-2H3,(H,26,31)(H,27,32). The number of hydrogen-bond donors (Lipinski definition) is 2. The monoisotopic (exact) mass is 511 g/mol. The summed E-state index contributed by atoms with van der Waals surface area (Å²) in [5, 5.41) is 5.56. The highest BCUT2D eigenvalue weighted by molar-refractivity contribution is 9.10. The summed E-state index contributed by atoms with van der Waals surface area (Å²) in [7, 11) is 1.61. The van der Waals surface area contributed by atoms with E-state index in [1.807, 2.05) is 48.2 Å². The number of halogens is 1. The third-order valence-corrected chi connectivity index (χ3v) is 6.12. The summed E-state index contributed by atoms with van der Waals surface area (Å²) >= 11 is 3.42. The number of amides is 3. The fraction of sp³-hybridized carbons (Fsp3) is 0.292. The number of carbonyl (C=O) groups excluding carboxylic acids is 2. The first kappa shape index (κ1) is 23.0. The summed E-state index contributed by atoms with van der Waals surface area (Å²) in [5.74, 6) is 1.18. The van der Waals surface area contributed by atoms with E-state index in [9.17, 15) is 9.59 Å². The van der Waals surface area contributed by atoms with Crippen LogP contribution < -0.4 is 10.6 Å². The number of nitrogens with zero attached hydrogens (tertiary/aromatic N) is 3. The first-order valence-electron chi connectivity index (χ1n) is 10.8. The van der Waals surface area contributed by atoms with Gasteiger partial charge in [-0.1, -0.05) is 22.0 Å². The maximum Gasteiger partial charge on any atom is 0.321 e. The number of anilines is 1. The zero-order valence-corrected chi connectivity index (χ0v) is 20.2. The molecule has 0 radical (unpaired) electrons. The number of aromatic nitrogens is 1. The van der Waals surface area contributed by atoms with E-state index in [2.05, 4.69) is 36.4 Å². The van der Waals surface area contributed by atoms with Crippen LogP contribution in [0.15, 0.2) is 57.4 Å². The lowest BCUT2D eigenvalue weighted by molar-refractivity contribution is 0.0963. The van der Waals surface area contributed by atoms with Gasteiger partial charge in [0.25, 0.3) is 5.91 Å². The predicted octanol–water partition coefficient (Wildman–Crippen LogP) is 4.12. The summed E-state index contributed by atoms with van der Waals surface area (Å²) in [6.45, 7) is 5.37. The first-order valence-corrected chi connectivity index (χ1v) is 11.5. The summed E-state index contributed by atoms with van der Waals surface area (Å²) in [4.78, 5) is 33.1. The van der Waals surface area contributed by atoms with Crippen molar-refractivity contribution in [1.29, 1.82) is 0 Å². The highest BCUT2D eigenvalue weighted by atomic mass is 79.9. The van der Waals surface area contributed by atoms with Gasteiger partial charge >= 0.3 is 6.03 Å². The van der Waals surface area contributed by atoms with Gasteiger partial charge in [0.15, 0.2) is 0 Å². The predicted molar refractivity (Wildman–Crippen MR) is 130 cm³/mol. The maximum absolute atomic E-state index is 12.6. The average molecular weight is 512 g/mol. The zero-order chi connectivity index (χ0) is 23.4. The summed E-state index contributed by atoms with van der Waals surface area (Å²) in [5.41, 5.74) is 3.07. The molecule has 0 bridgehead atoms. The largest absolute Gasteiger partial charge is 0.441 e. The van der Waals surface area contributed by atoms with E-state index in [0.29, 0.717) is 31.1 Å². The van der Waals surface area contributed by atoms with Gasteiger partial charge in [-0.15, -0.1) is 0 Å². The van der Waals surface area contributed by atoms with E-state index < -0.39 is 0 Å². The molecule has 0 saturated carbocycles. The Hall–Kier alpha value is -3.17. The Morgan fingerprint density at radius 2 is 1.82 bits per heavy atom. The lowest BCUT2D eigenvalue weighted by Crippen LogP contribution is -2.49. The molecular weight excluding hydrogens is 486 g/mol. The lowest BCUT2D eigenvalue weighted by atomic mass is 10.1. The molecule has 1 aliphatic rings. The van der Waals surface area contributed by atoms with Gasteiger partial charge in [0.05, 0.1) is 5.69 Å². The Kier molecular flexibility index (Phi) is 7.10. The van der Waals surface area contributed by atoms with Crippen molar-refractivity contribution >= 4 is 33.6 Å². The Labute approximate surface area is 201 Å². The molecule has 2 heterocycles. The van der Waals surface area contributed by atoms with Crippen molar-refractivity contribution in [1.82, 2.24) is 20.1 Å². The van der Waals surface area contributed by atoms with Gasteiger partial charge in [0.2, 0.25) is 5.89 Å².